The summed E-state index contributed by atoms with van der Waals surface area (Å²) >= 11 is 2.06. The van der Waals surface area contributed by atoms with Gasteiger partial charge < -0.3 is 26.2 Å². The minimum atomic E-state index is -1.23. The summed E-state index contributed by atoms with van der Waals surface area (Å²) < 4.78 is 0. The fourth-order valence-electron chi connectivity index (χ4n) is 1.99. The van der Waals surface area contributed by atoms with Crippen molar-refractivity contribution >= 4 is 34.6 Å². The Labute approximate surface area is 111 Å². The standard InChI is InChI=1S/C9H14N2O5S2/c10-9-11-8(16)7-6(18-9)4(15)3(14)5(17-7)2(13)1-12/h2-7,12-15H,1H2,(H2,10,11,16)/t2-,3-,4-,5+,6-,7+/m0/s1. The van der Waals surface area contributed by atoms with Crippen molar-refractivity contribution in [2.75, 3.05) is 6.61 Å². The molecule has 0 saturated carbocycles. The van der Waals surface area contributed by atoms with Crippen molar-refractivity contribution in [3.63, 3.8) is 0 Å². The number of nitrogens with two attached hydrogens (primary N) is 1. The zero-order chi connectivity index (χ0) is 13.4. The second kappa shape index (κ2) is 5.35. The molecule has 0 bridgehead atoms. The van der Waals surface area contributed by atoms with Gasteiger partial charge in [0.2, 0.25) is 0 Å². The Kier molecular flexibility index (Phi) is 4.19. The van der Waals surface area contributed by atoms with Gasteiger partial charge in [-0.1, -0.05) is 11.8 Å². The van der Waals surface area contributed by atoms with Gasteiger partial charge in [0, 0.05) is 0 Å². The lowest BCUT2D eigenvalue weighted by Crippen LogP contribution is -2.58. The summed E-state index contributed by atoms with van der Waals surface area (Å²) in [6.45, 7) is -0.550. The van der Waals surface area contributed by atoms with Crippen LogP contribution in [0, 0.1) is 0 Å². The monoisotopic (exact) mass is 294 g/mol. The van der Waals surface area contributed by atoms with Crippen molar-refractivity contribution in [1.29, 1.82) is 0 Å². The number of nitrogens with zero attached hydrogens (tertiary/aromatic N) is 1. The fourth-order valence-corrected chi connectivity index (χ4v) is 4.72. The highest BCUT2D eigenvalue weighted by Crippen LogP contribution is 2.42. The van der Waals surface area contributed by atoms with Gasteiger partial charge in [0.05, 0.1) is 35.4 Å². The van der Waals surface area contributed by atoms with Crippen molar-refractivity contribution < 1.29 is 25.2 Å². The molecule has 7 nitrogen and oxygen atoms in total. The van der Waals surface area contributed by atoms with E-state index < -0.39 is 46.6 Å². The van der Waals surface area contributed by atoms with Crippen LogP contribution in [0.3, 0.4) is 0 Å². The molecule has 1 saturated heterocycles. The van der Waals surface area contributed by atoms with Gasteiger partial charge in [0.1, 0.15) is 5.25 Å². The summed E-state index contributed by atoms with van der Waals surface area (Å²) in [5.74, 6) is -0.484. The van der Waals surface area contributed by atoms with Crippen LogP contribution in [0.15, 0.2) is 4.99 Å². The van der Waals surface area contributed by atoms with Gasteiger partial charge in [-0.2, -0.15) is 4.99 Å². The predicted molar refractivity (Wildman–Crippen MR) is 68.3 cm³/mol. The van der Waals surface area contributed by atoms with Crippen LogP contribution in [0.2, 0.25) is 0 Å². The third-order valence-electron chi connectivity index (χ3n) is 2.91. The number of aliphatic hydroxyl groups excluding tert-OH is 4. The molecule has 2 aliphatic heterocycles. The number of carbonyl (C=O) groups is 1. The molecule has 2 rings (SSSR count). The maximum absolute atomic E-state index is 11.7. The Balaban J connectivity index is 2.24. The lowest BCUT2D eigenvalue weighted by molar-refractivity contribution is -0.118. The van der Waals surface area contributed by atoms with Gasteiger partial charge in [0.15, 0.2) is 5.17 Å². The van der Waals surface area contributed by atoms with E-state index in [9.17, 15) is 20.1 Å². The van der Waals surface area contributed by atoms with Crippen LogP contribution < -0.4 is 5.73 Å². The third kappa shape index (κ3) is 2.38. The van der Waals surface area contributed by atoms with E-state index in [-0.39, 0.29) is 5.17 Å². The quantitative estimate of drug-likeness (QED) is 0.377. The molecule has 0 aromatic carbocycles. The number of aliphatic hydroxyl groups is 4. The summed E-state index contributed by atoms with van der Waals surface area (Å²) in [4.78, 5) is 15.3. The Morgan fingerprint density at radius 3 is 2.67 bits per heavy atom. The van der Waals surface area contributed by atoms with E-state index in [0.29, 0.717) is 0 Å². The summed E-state index contributed by atoms with van der Waals surface area (Å²) in [6.07, 6.45) is -3.64. The van der Waals surface area contributed by atoms with Gasteiger partial charge >= 0.3 is 0 Å². The lowest BCUT2D eigenvalue weighted by Gasteiger charge is -2.43. The maximum Gasteiger partial charge on any atom is 0.262 e. The first-order valence-electron chi connectivity index (χ1n) is 5.31. The van der Waals surface area contributed by atoms with Crippen molar-refractivity contribution in [3.8, 4) is 0 Å². The summed E-state index contributed by atoms with van der Waals surface area (Å²) in [5, 5.41) is 36.3. The molecule has 0 unspecified atom stereocenters. The maximum atomic E-state index is 11.7. The average molecular weight is 294 g/mol. The molecule has 0 radical (unpaired) electrons. The molecule has 6 N–H and O–H groups in total. The number of aliphatic imine (C=N–C) groups is 1. The largest absolute Gasteiger partial charge is 0.394 e. The molecule has 6 atom stereocenters. The molecule has 0 aliphatic carbocycles. The average Bonchev–Trinajstić information content (AvgIpc) is 2.33. The third-order valence-corrected chi connectivity index (χ3v) is 5.94. The number of fused-ring (bicyclic) bond motifs is 1. The van der Waals surface area contributed by atoms with E-state index in [1.807, 2.05) is 0 Å². The van der Waals surface area contributed by atoms with E-state index in [0.717, 1.165) is 23.5 Å². The van der Waals surface area contributed by atoms with E-state index >= 15 is 0 Å². The van der Waals surface area contributed by atoms with Crippen molar-refractivity contribution in [2.45, 2.75) is 34.1 Å². The zero-order valence-electron chi connectivity index (χ0n) is 9.21. The van der Waals surface area contributed by atoms with E-state index in [2.05, 4.69) is 4.99 Å². The Hall–Kier alpha value is -0.320. The number of hydrogen-bond acceptors (Lipinski definition) is 8. The van der Waals surface area contributed by atoms with Crippen LogP contribution in [-0.4, -0.2) is 72.2 Å². The van der Waals surface area contributed by atoms with Crippen LogP contribution in [0.25, 0.3) is 0 Å². The lowest BCUT2D eigenvalue weighted by atomic mass is 10.00. The fraction of sp³-hybridized carbons (Fsp3) is 0.778. The second-order valence-corrected chi connectivity index (χ2v) is 6.65. The van der Waals surface area contributed by atoms with Gasteiger partial charge in [-0.15, -0.1) is 11.8 Å². The number of thioether (sulfide) groups is 2. The Morgan fingerprint density at radius 1 is 1.39 bits per heavy atom. The summed E-state index contributed by atoms with van der Waals surface area (Å²) in [5.41, 5.74) is 5.46. The van der Waals surface area contributed by atoms with Gasteiger partial charge in [-0.25, -0.2) is 0 Å². The molecule has 0 aromatic rings. The minimum Gasteiger partial charge on any atom is -0.394 e. The van der Waals surface area contributed by atoms with Crippen LogP contribution in [0.5, 0.6) is 0 Å². The van der Waals surface area contributed by atoms with Crippen molar-refractivity contribution in [2.24, 2.45) is 10.7 Å². The first-order chi connectivity index (χ1) is 8.45. The first kappa shape index (κ1) is 14.1. The molecule has 1 fully saturated rings. The van der Waals surface area contributed by atoms with Gasteiger partial charge in [-0.3, -0.25) is 4.79 Å². The molecule has 2 heterocycles. The van der Waals surface area contributed by atoms with Crippen molar-refractivity contribution in [1.82, 2.24) is 0 Å². The molecule has 0 spiro atoms. The molecule has 18 heavy (non-hydrogen) atoms. The molecular weight excluding hydrogens is 280 g/mol. The minimum absolute atomic E-state index is 0.0641. The van der Waals surface area contributed by atoms with E-state index in [1.54, 1.807) is 0 Å². The Bertz CT molecular complexity index is 380. The highest BCUT2D eigenvalue weighted by molar-refractivity contribution is 8.15. The van der Waals surface area contributed by atoms with Crippen LogP contribution >= 0.6 is 23.5 Å². The molecule has 102 valence electrons. The van der Waals surface area contributed by atoms with Crippen LogP contribution in [0.4, 0.5) is 0 Å². The first-order valence-corrected chi connectivity index (χ1v) is 7.13. The van der Waals surface area contributed by atoms with E-state index in [1.165, 1.54) is 0 Å². The summed E-state index contributed by atoms with van der Waals surface area (Å²) in [6, 6.07) is 0. The zero-order valence-corrected chi connectivity index (χ0v) is 10.8. The van der Waals surface area contributed by atoms with Gasteiger partial charge in [-0.05, 0) is 0 Å². The van der Waals surface area contributed by atoms with Crippen LogP contribution in [0.1, 0.15) is 0 Å². The van der Waals surface area contributed by atoms with E-state index in [4.69, 9.17) is 10.8 Å². The van der Waals surface area contributed by atoms with Crippen molar-refractivity contribution in [3.05, 3.63) is 0 Å². The van der Waals surface area contributed by atoms with Gasteiger partial charge in [0.25, 0.3) is 5.91 Å². The molecule has 0 aromatic heterocycles. The molecular formula is C9H14N2O5S2. The topological polar surface area (TPSA) is 136 Å². The number of amides is 1. The number of carbonyl (C=O) groups excluding carboxylic acids is 1. The SMILES string of the molecule is NC1=NC(=O)[C@@H]2S[C@H]([C@@H](O)CO)[C@@H](O)[C@H](O)[C@@H]2S1. The molecule has 1 amide bonds. The number of rotatable bonds is 2. The number of amidine groups is 1. The second-order valence-electron chi connectivity index (χ2n) is 4.12. The molecule has 9 heteroatoms. The number of hydrogen-bond donors (Lipinski definition) is 5. The smallest absolute Gasteiger partial charge is 0.262 e. The molecule has 2 aliphatic rings. The highest BCUT2D eigenvalue weighted by Gasteiger charge is 2.51. The summed E-state index contributed by atoms with van der Waals surface area (Å²) in [7, 11) is 0. The normalized spacial score (nSPS) is 42.1. The highest BCUT2D eigenvalue weighted by atomic mass is 32.2. The van der Waals surface area contributed by atoms with Crippen LogP contribution in [-0.2, 0) is 4.79 Å². The Morgan fingerprint density at radius 2 is 2.06 bits per heavy atom. The predicted octanol–water partition coefficient (Wildman–Crippen LogP) is -2.50.